The second-order valence-electron chi connectivity index (χ2n) is 8.47. The summed E-state index contributed by atoms with van der Waals surface area (Å²) < 4.78 is 27.2. The van der Waals surface area contributed by atoms with E-state index < -0.39 is 10.0 Å². The Hall–Kier alpha value is -3.12. The first-order valence-electron chi connectivity index (χ1n) is 10.1. The zero-order chi connectivity index (χ0) is 22.6. The Kier molecular flexibility index (Phi) is 6.51. The highest BCUT2D eigenvalue weighted by atomic mass is 32.2. The summed E-state index contributed by atoms with van der Waals surface area (Å²) in [6.07, 6.45) is 0. The number of nitrogens with one attached hydrogen (secondary N) is 1. The monoisotopic (exact) mass is 436 g/mol. The van der Waals surface area contributed by atoms with E-state index in [-0.39, 0.29) is 16.2 Å². The van der Waals surface area contributed by atoms with Gasteiger partial charge < -0.3 is 5.32 Å². The number of para-hydroxylation sites is 1. The third-order valence-electron chi connectivity index (χ3n) is 5.15. The molecule has 1 amide bonds. The van der Waals surface area contributed by atoms with E-state index in [1.54, 1.807) is 36.4 Å². The Morgan fingerprint density at radius 1 is 0.903 bits per heavy atom. The maximum Gasteiger partial charge on any atom is 0.264 e. The summed E-state index contributed by atoms with van der Waals surface area (Å²) in [5, 5.41) is 2.87. The summed E-state index contributed by atoms with van der Waals surface area (Å²) in [5.41, 5.74) is 3.13. The minimum absolute atomic E-state index is 0.0701. The van der Waals surface area contributed by atoms with Gasteiger partial charge in [-0.3, -0.25) is 9.10 Å². The molecule has 0 aliphatic heterocycles. The zero-order valence-corrected chi connectivity index (χ0v) is 19.1. The van der Waals surface area contributed by atoms with E-state index in [4.69, 9.17) is 0 Å². The average molecular weight is 437 g/mol. The van der Waals surface area contributed by atoms with Gasteiger partial charge in [-0.05, 0) is 46.9 Å². The van der Waals surface area contributed by atoms with Gasteiger partial charge in [0.15, 0.2) is 0 Å². The second-order valence-corrected chi connectivity index (χ2v) is 10.4. The molecule has 0 atom stereocenters. The van der Waals surface area contributed by atoms with Crippen LogP contribution in [0.5, 0.6) is 0 Å². The molecule has 6 heteroatoms. The minimum atomic E-state index is -3.78. The Balaban J connectivity index is 1.73. The Morgan fingerprint density at radius 3 is 2.16 bits per heavy atom. The minimum Gasteiger partial charge on any atom is -0.348 e. The standard InChI is InChI=1S/C25H28N2O3S/c1-25(2,3)21-15-13-19(14-16-21)18-26-24(28)20-9-8-12-23(17-20)31(29,30)27(4)22-10-6-5-7-11-22/h5-17H,18H2,1-4H3,(H,26,28). The van der Waals surface area contributed by atoms with Crippen LogP contribution in [-0.2, 0) is 22.0 Å². The molecule has 162 valence electrons. The first-order valence-corrected chi connectivity index (χ1v) is 11.5. The van der Waals surface area contributed by atoms with E-state index in [1.807, 2.05) is 18.2 Å². The molecule has 0 aromatic heterocycles. The first kappa shape index (κ1) is 22.6. The van der Waals surface area contributed by atoms with E-state index in [0.717, 1.165) is 5.56 Å². The van der Waals surface area contributed by atoms with Crippen molar-refractivity contribution in [1.29, 1.82) is 0 Å². The largest absolute Gasteiger partial charge is 0.348 e. The molecule has 0 heterocycles. The summed E-state index contributed by atoms with van der Waals surface area (Å²) >= 11 is 0. The number of hydrogen-bond donors (Lipinski definition) is 1. The fourth-order valence-corrected chi connectivity index (χ4v) is 4.38. The van der Waals surface area contributed by atoms with Gasteiger partial charge in [0.1, 0.15) is 0 Å². The second kappa shape index (κ2) is 8.94. The van der Waals surface area contributed by atoms with Crippen LogP contribution in [0.2, 0.25) is 0 Å². The number of sulfonamides is 1. The van der Waals surface area contributed by atoms with Crippen molar-refractivity contribution in [3.8, 4) is 0 Å². The molecule has 0 saturated heterocycles. The predicted molar refractivity (Wildman–Crippen MR) is 125 cm³/mol. The highest BCUT2D eigenvalue weighted by Crippen LogP contribution is 2.23. The Labute approximate surface area is 184 Å². The van der Waals surface area contributed by atoms with E-state index in [9.17, 15) is 13.2 Å². The van der Waals surface area contributed by atoms with Crippen molar-refractivity contribution in [1.82, 2.24) is 5.32 Å². The number of anilines is 1. The number of amides is 1. The van der Waals surface area contributed by atoms with Crippen molar-refractivity contribution in [2.45, 2.75) is 37.6 Å². The topological polar surface area (TPSA) is 66.5 Å². The van der Waals surface area contributed by atoms with Gasteiger partial charge in [0.05, 0.1) is 10.6 Å². The fraction of sp³-hybridized carbons (Fsp3) is 0.240. The summed E-state index contributed by atoms with van der Waals surface area (Å²) in [6, 6.07) is 23.0. The third-order valence-corrected chi connectivity index (χ3v) is 6.93. The molecule has 0 aliphatic rings. The number of rotatable bonds is 6. The lowest BCUT2D eigenvalue weighted by molar-refractivity contribution is 0.0950. The number of nitrogens with zero attached hydrogens (tertiary/aromatic N) is 1. The smallest absolute Gasteiger partial charge is 0.264 e. The molecular formula is C25H28N2O3S. The van der Waals surface area contributed by atoms with Crippen molar-refractivity contribution in [2.24, 2.45) is 0 Å². The van der Waals surface area contributed by atoms with Gasteiger partial charge in [-0.15, -0.1) is 0 Å². The third kappa shape index (κ3) is 5.33. The number of carbonyl (C=O) groups is 1. The van der Waals surface area contributed by atoms with E-state index in [2.05, 4.69) is 38.2 Å². The summed E-state index contributed by atoms with van der Waals surface area (Å²) in [5.74, 6) is -0.320. The number of hydrogen-bond acceptors (Lipinski definition) is 3. The average Bonchev–Trinajstić information content (AvgIpc) is 2.77. The molecule has 3 aromatic carbocycles. The molecule has 0 saturated carbocycles. The molecule has 0 spiro atoms. The molecule has 31 heavy (non-hydrogen) atoms. The quantitative estimate of drug-likeness (QED) is 0.607. The highest BCUT2D eigenvalue weighted by Gasteiger charge is 2.22. The van der Waals surface area contributed by atoms with Gasteiger partial charge >= 0.3 is 0 Å². The number of benzene rings is 3. The molecular weight excluding hydrogens is 408 g/mol. The van der Waals surface area contributed by atoms with Gasteiger partial charge in [-0.1, -0.05) is 69.3 Å². The molecule has 3 rings (SSSR count). The van der Waals surface area contributed by atoms with E-state index in [1.165, 1.54) is 29.0 Å². The normalized spacial score (nSPS) is 11.7. The lowest BCUT2D eigenvalue weighted by Crippen LogP contribution is -2.27. The van der Waals surface area contributed by atoms with Crippen LogP contribution in [0.25, 0.3) is 0 Å². The Morgan fingerprint density at radius 2 is 1.55 bits per heavy atom. The first-order chi connectivity index (χ1) is 14.6. The fourth-order valence-electron chi connectivity index (χ4n) is 3.14. The molecule has 5 nitrogen and oxygen atoms in total. The van der Waals surface area contributed by atoms with Crippen LogP contribution >= 0.6 is 0 Å². The molecule has 0 bridgehead atoms. The molecule has 0 aliphatic carbocycles. The van der Waals surface area contributed by atoms with Crippen molar-refractivity contribution < 1.29 is 13.2 Å². The van der Waals surface area contributed by atoms with Gasteiger partial charge in [0.25, 0.3) is 15.9 Å². The predicted octanol–water partition coefficient (Wildman–Crippen LogP) is 4.74. The molecule has 0 unspecified atom stereocenters. The van der Waals surface area contributed by atoms with Crippen LogP contribution in [-0.4, -0.2) is 21.4 Å². The maximum absolute atomic E-state index is 13.0. The van der Waals surface area contributed by atoms with Crippen molar-refractivity contribution in [2.75, 3.05) is 11.4 Å². The van der Waals surface area contributed by atoms with Crippen LogP contribution in [0, 0.1) is 0 Å². The number of carbonyl (C=O) groups excluding carboxylic acids is 1. The van der Waals surface area contributed by atoms with Crippen LogP contribution in [0.3, 0.4) is 0 Å². The van der Waals surface area contributed by atoms with Gasteiger partial charge in [-0.25, -0.2) is 8.42 Å². The van der Waals surface area contributed by atoms with Crippen molar-refractivity contribution in [3.63, 3.8) is 0 Å². The zero-order valence-electron chi connectivity index (χ0n) is 18.3. The van der Waals surface area contributed by atoms with E-state index >= 15 is 0 Å². The summed E-state index contributed by atoms with van der Waals surface area (Å²) in [6.45, 7) is 6.82. The van der Waals surface area contributed by atoms with Gasteiger partial charge in [0, 0.05) is 19.2 Å². The van der Waals surface area contributed by atoms with Crippen LogP contribution in [0.1, 0.15) is 42.3 Å². The summed E-state index contributed by atoms with van der Waals surface area (Å²) in [4.78, 5) is 12.7. The lowest BCUT2D eigenvalue weighted by Gasteiger charge is -2.20. The molecule has 3 aromatic rings. The molecule has 1 N–H and O–H groups in total. The maximum atomic E-state index is 13.0. The van der Waals surface area contributed by atoms with Crippen LogP contribution in [0.4, 0.5) is 5.69 Å². The van der Waals surface area contributed by atoms with Gasteiger partial charge in [0.2, 0.25) is 0 Å². The highest BCUT2D eigenvalue weighted by molar-refractivity contribution is 7.92. The van der Waals surface area contributed by atoms with Crippen LogP contribution < -0.4 is 9.62 Å². The lowest BCUT2D eigenvalue weighted by atomic mass is 9.87. The van der Waals surface area contributed by atoms with Gasteiger partial charge in [-0.2, -0.15) is 0 Å². The van der Waals surface area contributed by atoms with Crippen molar-refractivity contribution in [3.05, 3.63) is 95.6 Å². The SMILES string of the molecule is CN(c1ccccc1)S(=O)(=O)c1cccc(C(=O)NCc2ccc(C(C)(C)C)cc2)c1. The molecule has 0 radical (unpaired) electrons. The van der Waals surface area contributed by atoms with Crippen molar-refractivity contribution >= 4 is 21.6 Å². The molecule has 0 fully saturated rings. The Bertz CT molecular complexity index is 1150. The summed E-state index contributed by atoms with van der Waals surface area (Å²) in [7, 11) is -2.28. The van der Waals surface area contributed by atoms with Crippen LogP contribution in [0.15, 0.2) is 83.8 Å². The van der Waals surface area contributed by atoms with E-state index in [0.29, 0.717) is 17.8 Å².